The van der Waals surface area contributed by atoms with Crippen LogP contribution in [0.5, 0.6) is 11.5 Å². The molecule has 0 amide bonds. The number of nitriles is 1. The molecule has 0 N–H and O–H groups in total. The van der Waals surface area contributed by atoms with Crippen molar-refractivity contribution in [2.75, 3.05) is 6.61 Å². The zero-order valence-electron chi connectivity index (χ0n) is 23.0. The van der Waals surface area contributed by atoms with Gasteiger partial charge < -0.3 is 9.47 Å². The Morgan fingerprint density at radius 2 is 1.43 bits per heavy atom. The van der Waals surface area contributed by atoms with Crippen LogP contribution in [0, 0.1) is 16.7 Å². The lowest BCUT2D eigenvalue weighted by molar-refractivity contribution is 0.0734. The van der Waals surface area contributed by atoms with E-state index < -0.39 is 0 Å². The van der Waals surface area contributed by atoms with Crippen molar-refractivity contribution in [2.24, 2.45) is 5.41 Å². The van der Waals surface area contributed by atoms with E-state index in [2.05, 4.69) is 32.0 Å². The lowest BCUT2D eigenvalue weighted by Crippen LogP contribution is -2.25. The van der Waals surface area contributed by atoms with Crippen molar-refractivity contribution in [1.29, 1.82) is 5.26 Å². The van der Waals surface area contributed by atoms with Crippen molar-refractivity contribution in [2.45, 2.75) is 110 Å². The van der Waals surface area contributed by atoms with E-state index in [1.807, 2.05) is 24.3 Å². The molecule has 2 aromatic rings. The van der Waals surface area contributed by atoms with E-state index in [9.17, 15) is 10.1 Å². The molecular formula is C33H45NO3. The highest BCUT2D eigenvalue weighted by atomic mass is 16.5. The first kappa shape index (κ1) is 28.8. The lowest BCUT2D eigenvalue weighted by Gasteiger charge is -2.35. The number of ether oxygens (including phenoxy) is 2. The normalized spacial score (nSPS) is 19.2. The van der Waals surface area contributed by atoms with E-state index in [1.165, 1.54) is 50.5 Å². The van der Waals surface area contributed by atoms with Crippen LogP contribution in [0.4, 0.5) is 0 Å². The van der Waals surface area contributed by atoms with E-state index in [-0.39, 0.29) is 11.4 Å². The van der Waals surface area contributed by atoms with Gasteiger partial charge in [-0.2, -0.15) is 5.26 Å². The number of hydrogen-bond donors (Lipinski definition) is 0. The Bertz CT molecular complexity index is 966. The molecule has 1 aliphatic carbocycles. The molecule has 0 aromatic heterocycles. The number of esters is 1. The second-order valence-electron chi connectivity index (χ2n) is 10.7. The number of carbonyl (C=O) groups excluding carboxylic acids is 1. The highest BCUT2D eigenvalue weighted by Crippen LogP contribution is 2.45. The molecule has 4 nitrogen and oxygen atoms in total. The Kier molecular flexibility index (Phi) is 12.0. The summed E-state index contributed by atoms with van der Waals surface area (Å²) in [6.45, 7) is 5.15. The largest absolute Gasteiger partial charge is 0.494 e. The minimum Gasteiger partial charge on any atom is -0.494 e. The second kappa shape index (κ2) is 15.5. The molecule has 0 bridgehead atoms. The maximum atomic E-state index is 12.7. The minimum atomic E-state index is -0.352. The minimum absolute atomic E-state index is 0.135. The van der Waals surface area contributed by atoms with Gasteiger partial charge in [0.25, 0.3) is 0 Å². The number of unbranched alkanes of at least 4 members (excludes halogenated alkanes) is 7. The van der Waals surface area contributed by atoms with Gasteiger partial charge in [0.15, 0.2) is 0 Å². The van der Waals surface area contributed by atoms with Crippen molar-refractivity contribution in [3.8, 4) is 17.6 Å². The number of hydrogen-bond acceptors (Lipinski definition) is 4. The quantitative estimate of drug-likeness (QED) is 0.138. The Balaban J connectivity index is 1.43. The smallest absolute Gasteiger partial charge is 0.343 e. The molecule has 0 heterocycles. The molecule has 4 heteroatoms. The van der Waals surface area contributed by atoms with E-state index in [1.54, 1.807) is 12.1 Å². The van der Waals surface area contributed by atoms with Gasteiger partial charge >= 0.3 is 5.97 Å². The fraction of sp³-hybridized carbons (Fsp3) is 0.576. The molecule has 0 radical (unpaired) electrons. The molecule has 3 rings (SSSR count). The monoisotopic (exact) mass is 503 g/mol. The summed E-state index contributed by atoms with van der Waals surface area (Å²) in [7, 11) is 0. The summed E-state index contributed by atoms with van der Waals surface area (Å²) < 4.78 is 11.4. The van der Waals surface area contributed by atoms with Gasteiger partial charge in [-0.1, -0.05) is 77.3 Å². The molecular weight excluding hydrogens is 458 g/mol. The van der Waals surface area contributed by atoms with Crippen molar-refractivity contribution in [3.05, 3.63) is 59.7 Å². The van der Waals surface area contributed by atoms with Crippen molar-refractivity contribution < 1.29 is 14.3 Å². The highest BCUT2D eigenvalue weighted by molar-refractivity contribution is 5.91. The van der Waals surface area contributed by atoms with Gasteiger partial charge in [-0.3, -0.25) is 0 Å². The zero-order chi connectivity index (χ0) is 26.3. The van der Waals surface area contributed by atoms with Crippen LogP contribution < -0.4 is 9.47 Å². The van der Waals surface area contributed by atoms with Crippen molar-refractivity contribution in [1.82, 2.24) is 0 Å². The van der Waals surface area contributed by atoms with Crippen LogP contribution in [0.15, 0.2) is 48.5 Å². The van der Waals surface area contributed by atoms with Crippen molar-refractivity contribution in [3.63, 3.8) is 0 Å². The van der Waals surface area contributed by atoms with E-state index in [0.717, 1.165) is 57.3 Å². The van der Waals surface area contributed by atoms with E-state index >= 15 is 0 Å². The Labute approximate surface area is 224 Å². The Morgan fingerprint density at radius 3 is 2.08 bits per heavy atom. The maximum absolute atomic E-state index is 12.7. The van der Waals surface area contributed by atoms with Crippen LogP contribution in [0.2, 0.25) is 0 Å². The number of nitrogens with zero attached hydrogens (tertiary/aromatic N) is 1. The topological polar surface area (TPSA) is 59.3 Å². The van der Waals surface area contributed by atoms with Crippen LogP contribution in [0.3, 0.4) is 0 Å². The molecule has 0 saturated heterocycles. The lowest BCUT2D eigenvalue weighted by atomic mass is 9.67. The van der Waals surface area contributed by atoms with Gasteiger partial charge in [0.1, 0.15) is 11.5 Å². The summed E-state index contributed by atoms with van der Waals surface area (Å²) >= 11 is 0. The summed E-state index contributed by atoms with van der Waals surface area (Å²) in [6, 6.07) is 17.8. The molecule has 37 heavy (non-hydrogen) atoms. The standard InChI is InChI=1S/C33H45NO3/c1-3-5-7-8-9-11-25-36-30-16-18-31(19-17-30)37-32(35)29-14-12-27(13-15-29)28-20-23-33(26-34,24-21-28)22-10-6-4-2/h12-19,28H,3-11,20-25H2,1-2H3/t28-,33-. The number of carbonyl (C=O) groups is 1. The molecule has 1 fully saturated rings. The molecule has 0 aliphatic heterocycles. The van der Waals surface area contributed by atoms with Gasteiger partial charge in [-0.25, -0.2) is 4.79 Å². The molecule has 0 unspecified atom stereocenters. The predicted octanol–water partition coefficient (Wildman–Crippen LogP) is 9.39. The predicted molar refractivity (Wildman–Crippen MR) is 150 cm³/mol. The van der Waals surface area contributed by atoms with E-state index in [0.29, 0.717) is 17.2 Å². The summed E-state index contributed by atoms with van der Waals surface area (Å²) in [4.78, 5) is 12.7. The number of rotatable bonds is 15. The molecule has 0 atom stereocenters. The third-order valence-corrected chi connectivity index (χ3v) is 7.86. The van der Waals surface area contributed by atoms with Gasteiger partial charge in [0.05, 0.1) is 23.7 Å². The van der Waals surface area contributed by atoms with Crippen LogP contribution in [-0.4, -0.2) is 12.6 Å². The number of benzene rings is 2. The SMILES string of the molecule is CCCCCCCCOc1ccc(OC(=O)c2ccc([C@H]3CC[C@@](C#N)(CCCCC)CC3)cc2)cc1. The van der Waals surface area contributed by atoms with Gasteiger partial charge in [0, 0.05) is 0 Å². The van der Waals surface area contributed by atoms with Crippen LogP contribution >= 0.6 is 0 Å². The van der Waals surface area contributed by atoms with Gasteiger partial charge in [-0.15, -0.1) is 0 Å². The van der Waals surface area contributed by atoms with Crippen LogP contribution in [0.1, 0.15) is 126 Å². The Hall–Kier alpha value is -2.80. The maximum Gasteiger partial charge on any atom is 0.343 e. The van der Waals surface area contributed by atoms with Gasteiger partial charge in [-0.05, 0) is 86.4 Å². The highest BCUT2D eigenvalue weighted by Gasteiger charge is 2.35. The zero-order valence-corrected chi connectivity index (χ0v) is 23.0. The first-order valence-corrected chi connectivity index (χ1v) is 14.6. The van der Waals surface area contributed by atoms with Crippen LogP contribution in [-0.2, 0) is 0 Å². The molecule has 1 saturated carbocycles. The Morgan fingerprint density at radius 1 is 0.838 bits per heavy atom. The van der Waals surface area contributed by atoms with Crippen molar-refractivity contribution >= 4 is 5.97 Å². The average molecular weight is 504 g/mol. The summed E-state index contributed by atoms with van der Waals surface area (Å²) in [5.41, 5.74) is 1.67. The average Bonchev–Trinajstić information content (AvgIpc) is 2.94. The third kappa shape index (κ3) is 9.22. The molecule has 200 valence electrons. The summed E-state index contributed by atoms with van der Waals surface area (Å²) in [6.07, 6.45) is 16.0. The summed E-state index contributed by atoms with van der Waals surface area (Å²) in [5.74, 6) is 1.43. The first-order valence-electron chi connectivity index (χ1n) is 14.6. The summed E-state index contributed by atoms with van der Waals surface area (Å²) in [5, 5.41) is 9.80. The molecule has 1 aliphatic rings. The third-order valence-electron chi connectivity index (χ3n) is 7.86. The molecule has 2 aromatic carbocycles. The fourth-order valence-electron chi connectivity index (χ4n) is 5.37. The van der Waals surface area contributed by atoms with Crippen LogP contribution in [0.25, 0.3) is 0 Å². The molecule has 0 spiro atoms. The van der Waals surface area contributed by atoms with Gasteiger partial charge in [0.2, 0.25) is 0 Å². The second-order valence-corrected chi connectivity index (χ2v) is 10.7. The fourth-order valence-corrected chi connectivity index (χ4v) is 5.37. The van der Waals surface area contributed by atoms with E-state index in [4.69, 9.17) is 9.47 Å². The first-order chi connectivity index (χ1) is 18.1.